The first-order chi connectivity index (χ1) is 9.16. The summed E-state index contributed by atoms with van der Waals surface area (Å²) in [7, 11) is 0. The molecule has 0 aliphatic rings. The van der Waals surface area contributed by atoms with Crippen molar-refractivity contribution in [3.8, 4) is 0 Å². The number of benzene rings is 1. The molecule has 98 valence electrons. The second-order valence-electron chi connectivity index (χ2n) is 4.03. The summed E-state index contributed by atoms with van der Waals surface area (Å²) in [5.74, 6) is -1.28. The van der Waals surface area contributed by atoms with E-state index in [4.69, 9.17) is 5.11 Å². The van der Waals surface area contributed by atoms with E-state index in [0.29, 0.717) is 18.7 Å². The number of aromatic nitrogens is 1. The van der Waals surface area contributed by atoms with Crippen LogP contribution in [0.15, 0.2) is 42.7 Å². The molecule has 0 fully saturated rings. The molecule has 19 heavy (non-hydrogen) atoms. The maximum Gasteiger partial charge on any atom is 0.339 e. The number of nitrogens with zero attached hydrogens (tertiary/aromatic N) is 1. The molecule has 0 atom stereocenters. The summed E-state index contributed by atoms with van der Waals surface area (Å²) < 4.78 is 12.7. The van der Waals surface area contributed by atoms with Crippen LogP contribution in [0.2, 0.25) is 0 Å². The molecule has 0 saturated carbocycles. The number of rotatable bonds is 5. The molecule has 0 aliphatic carbocycles. The van der Waals surface area contributed by atoms with Crippen LogP contribution in [0, 0.1) is 5.82 Å². The highest BCUT2D eigenvalue weighted by Crippen LogP contribution is 2.13. The monoisotopic (exact) mass is 260 g/mol. The fourth-order valence-corrected chi connectivity index (χ4v) is 1.71. The zero-order valence-electron chi connectivity index (χ0n) is 10.1. The van der Waals surface area contributed by atoms with Crippen molar-refractivity contribution in [2.24, 2.45) is 0 Å². The number of hydrogen-bond donors (Lipinski definition) is 2. The number of pyridine rings is 1. The molecule has 1 heterocycles. The summed E-state index contributed by atoms with van der Waals surface area (Å²) in [6.07, 6.45) is 3.52. The van der Waals surface area contributed by atoms with E-state index in [-0.39, 0.29) is 11.4 Å². The van der Waals surface area contributed by atoms with Crippen LogP contribution in [0.5, 0.6) is 0 Å². The lowest BCUT2D eigenvalue weighted by atomic mass is 10.1. The molecule has 2 aromatic rings. The first-order valence-corrected chi connectivity index (χ1v) is 5.82. The summed E-state index contributed by atoms with van der Waals surface area (Å²) in [5.41, 5.74) is 1.66. The van der Waals surface area contributed by atoms with Gasteiger partial charge in [0.1, 0.15) is 11.4 Å². The fraction of sp³-hybridized carbons (Fsp3) is 0.143. The van der Waals surface area contributed by atoms with Crippen LogP contribution < -0.4 is 5.32 Å². The largest absolute Gasteiger partial charge is 0.478 e. The second kappa shape index (κ2) is 5.95. The summed E-state index contributed by atoms with van der Waals surface area (Å²) >= 11 is 0. The van der Waals surface area contributed by atoms with Gasteiger partial charge < -0.3 is 10.4 Å². The molecule has 0 spiro atoms. The molecule has 0 bridgehead atoms. The van der Waals surface area contributed by atoms with Gasteiger partial charge in [0.2, 0.25) is 0 Å². The van der Waals surface area contributed by atoms with Crippen molar-refractivity contribution in [1.29, 1.82) is 0 Å². The van der Waals surface area contributed by atoms with Gasteiger partial charge in [0.15, 0.2) is 0 Å². The molecule has 0 radical (unpaired) electrons. The Kier molecular flexibility index (Phi) is 4.07. The predicted molar refractivity (Wildman–Crippen MR) is 69.8 cm³/mol. The van der Waals surface area contributed by atoms with Gasteiger partial charge in [-0.05, 0) is 30.2 Å². The zero-order valence-corrected chi connectivity index (χ0v) is 10.1. The number of anilines is 1. The van der Waals surface area contributed by atoms with E-state index in [1.165, 1.54) is 24.5 Å². The third kappa shape index (κ3) is 3.51. The van der Waals surface area contributed by atoms with E-state index in [1.54, 1.807) is 18.2 Å². The molecule has 5 heteroatoms. The molecule has 4 nitrogen and oxygen atoms in total. The van der Waals surface area contributed by atoms with Gasteiger partial charge in [-0.15, -0.1) is 0 Å². The molecule has 0 saturated heterocycles. The standard InChI is InChI=1S/C14H13FN2O2/c15-11-3-1-10(2-4-11)5-8-17-13-6-7-16-9-12(13)14(18)19/h1-4,6-7,9H,5,8H2,(H,16,17)(H,18,19). The van der Waals surface area contributed by atoms with Gasteiger partial charge in [0.05, 0.1) is 5.69 Å². The van der Waals surface area contributed by atoms with Crippen molar-refractivity contribution in [3.05, 3.63) is 59.7 Å². The van der Waals surface area contributed by atoms with Gasteiger partial charge in [-0.1, -0.05) is 12.1 Å². The van der Waals surface area contributed by atoms with Crippen molar-refractivity contribution >= 4 is 11.7 Å². The van der Waals surface area contributed by atoms with Gasteiger partial charge in [0.25, 0.3) is 0 Å². The highest BCUT2D eigenvalue weighted by atomic mass is 19.1. The number of halogens is 1. The van der Waals surface area contributed by atoms with Crippen molar-refractivity contribution in [3.63, 3.8) is 0 Å². The molecular weight excluding hydrogens is 247 g/mol. The Morgan fingerprint density at radius 1 is 1.26 bits per heavy atom. The summed E-state index contributed by atoms with van der Waals surface area (Å²) in [5, 5.41) is 12.0. The minimum atomic E-state index is -1.02. The third-order valence-corrected chi connectivity index (χ3v) is 2.69. The topological polar surface area (TPSA) is 62.2 Å². The van der Waals surface area contributed by atoms with Crippen LogP contribution >= 0.6 is 0 Å². The Labute approximate surface area is 109 Å². The smallest absolute Gasteiger partial charge is 0.339 e. The quantitative estimate of drug-likeness (QED) is 0.867. The van der Waals surface area contributed by atoms with Crippen LogP contribution in [0.4, 0.5) is 10.1 Å². The molecular formula is C14H13FN2O2. The summed E-state index contributed by atoms with van der Waals surface area (Å²) in [4.78, 5) is 14.8. The lowest BCUT2D eigenvalue weighted by Gasteiger charge is -2.08. The van der Waals surface area contributed by atoms with Crippen LogP contribution in [0.3, 0.4) is 0 Å². The highest BCUT2D eigenvalue weighted by molar-refractivity contribution is 5.93. The average molecular weight is 260 g/mol. The van der Waals surface area contributed by atoms with E-state index < -0.39 is 5.97 Å². The number of carboxylic acids is 1. The molecule has 1 aromatic heterocycles. The Morgan fingerprint density at radius 3 is 2.68 bits per heavy atom. The van der Waals surface area contributed by atoms with Gasteiger partial charge in [-0.2, -0.15) is 0 Å². The lowest BCUT2D eigenvalue weighted by molar-refractivity contribution is 0.0697. The minimum absolute atomic E-state index is 0.140. The van der Waals surface area contributed by atoms with Gasteiger partial charge in [-0.3, -0.25) is 4.98 Å². The Balaban J connectivity index is 1.96. The lowest BCUT2D eigenvalue weighted by Crippen LogP contribution is -2.09. The van der Waals surface area contributed by atoms with E-state index in [1.807, 2.05) is 0 Å². The predicted octanol–water partition coefficient (Wildman–Crippen LogP) is 2.57. The van der Waals surface area contributed by atoms with Crippen molar-refractivity contribution in [2.75, 3.05) is 11.9 Å². The van der Waals surface area contributed by atoms with Crippen LogP contribution in [-0.4, -0.2) is 22.6 Å². The molecule has 0 aliphatic heterocycles. The molecule has 1 aromatic carbocycles. The van der Waals surface area contributed by atoms with Gasteiger partial charge in [0, 0.05) is 18.9 Å². The first kappa shape index (κ1) is 13.0. The van der Waals surface area contributed by atoms with Gasteiger partial charge in [-0.25, -0.2) is 9.18 Å². The number of aromatic carboxylic acids is 1. The maximum atomic E-state index is 12.7. The minimum Gasteiger partial charge on any atom is -0.478 e. The number of hydrogen-bond acceptors (Lipinski definition) is 3. The highest BCUT2D eigenvalue weighted by Gasteiger charge is 2.08. The first-order valence-electron chi connectivity index (χ1n) is 5.82. The van der Waals surface area contributed by atoms with E-state index in [0.717, 1.165) is 5.56 Å². The number of nitrogens with one attached hydrogen (secondary N) is 1. The Hall–Kier alpha value is -2.43. The molecule has 0 unspecified atom stereocenters. The van der Waals surface area contributed by atoms with Crippen molar-refractivity contribution in [1.82, 2.24) is 4.98 Å². The van der Waals surface area contributed by atoms with Crippen LogP contribution in [0.1, 0.15) is 15.9 Å². The van der Waals surface area contributed by atoms with Crippen LogP contribution in [-0.2, 0) is 6.42 Å². The SMILES string of the molecule is O=C(O)c1cnccc1NCCc1ccc(F)cc1. The maximum absolute atomic E-state index is 12.7. The molecule has 2 N–H and O–H groups in total. The third-order valence-electron chi connectivity index (χ3n) is 2.69. The van der Waals surface area contributed by atoms with Crippen molar-refractivity contribution < 1.29 is 14.3 Å². The zero-order chi connectivity index (χ0) is 13.7. The Bertz CT molecular complexity index is 570. The number of carbonyl (C=O) groups is 1. The summed E-state index contributed by atoms with van der Waals surface area (Å²) in [6, 6.07) is 7.85. The fourth-order valence-electron chi connectivity index (χ4n) is 1.71. The van der Waals surface area contributed by atoms with E-state index in [9.17, 15) is 9.18 Å². The van der Waals surface area contributed by atoms with E-state index in [2.05, 4.69) is 10.3 Å². The van der Waals surface area contributed by atoms with Crippen molar-refractivity contribution in [2.45, 2.75) is 6.42 Å². The number of carboxylic acid groups (broad SMARTS) is 1. The normalized spacial score (nSPS) is 10.2. The second-order valence-corrected chi connectivity index (χ2v) is 4.03. The average Bonchev–Trinajstić information content (AvgIpc) is 2.41. The molecule has 0 amide bonds. The Morgan fingerprint density at radius 2 is 2.00 bits per heavy atom. The van der Waals surface area contributed by atoms with Crippen LogP contribution in [0.25, 0.3) is 0 Å². The van der Waals surface area contributed by atoms with Gasteiger partial charge >= 0.3 is 5.97 Å². The molecule has 2 rings (SSSR count). The summed E-state index contributed by atoms with van der Waals surface area (Å²) in [6.45, 7) is 0.565. The van der Waals surface area contributed by atoms with E-state index >= 15 is 0 Å².